The molecule has 0 bridgehead atoms. The molecule has 1 aliphatic carbocycles. The van der Waals surface area contributed by atoms with Crippen molar-refractivity contribution in [3.63, 3.8) is 0 Å². The van der Waals surface area contributed by atoms with E-state index in [1.54, 1.807) is 37.4 Å². The normalized spacial score (nSPS) is 16.3. The molecule has 5 rings (SSSR count). The van der Waals surface area contributed by atoms with Gasteiger partial charge in [-0.1, -0.05) is 59.6 Å². The first-order chi connectivity index (χ1) is 15.9. The van der Waals surface area contributed by atoms with Crippen LogP contribution in [0.5, 0.6) is 0 Å². The van der Waals surface area contributed by atoms with Gasteiger partial charge in [0.1, 0.15) is 5.82 Å². The Morgan fingerprint density at radius 2 is 1.79 bits per heavy atom. The highest BCUT2D eigenvalue weighted by Crippen LogP contribution is 2.49. The summed E-state index contributed by atoms with van der Waals surface area (Å²) in [5.74, 6) is -0.666. The molecule has 3 aromatic rings. The summed E-state index contributed by atoms with van der Waals surface area (Å²) >= 11 is 12.9. The number of carbonyl (C=O) groups excluding carboxylic acids is 1. The number of aromatic amines is 1. The SMILES string of the molecule is COCCCn1c2c(c(=O)[nH]c1=O)[C@@H](c1cccc(Cl)c1Cl)C1=C(N2)c2ccccc2C1=O. The van der Waals surface area contributed by atoms with Gasteiger partial charge in [-0.3, -0.25) is 19.1 Å². The number of ether oxygens (including phenoxy) is 1. The lowest BCUT2D eigenvalue weighted by Gasteiger charge is -2.30. The summed E-state index contributed by atoms with van der Waals surface area (Å²) in [5.41, 5.74) is 1.85. The number of hydrogen-bond donors (Lipinski definition) is 2. The molecule has 1 aliphatic heterocycles. The summed E-state index contributed by atoms with van der Waals surface area (Å²) in [6.45, 7) is 0.756. The van der Waals surface area contributed by atoms with Gasteiger partial charge < -0.3 is 10.1 Å². The molecule has 2 heterocycles. The predicted molar refractivity (Wildman–Crippen MR) is 127 cm³/mol. The van der Waals surface area contributed by atoms with Crippen LogP contribution in [0, 0.1) is 0 Å². The maximum Gasteiger partial charge on any atom is 0.329 e. The number of nitrogens with one attached hydrogen (secondary N) is 2. The monoisotopic (exact) mass is 483 g/mol. The van der Waals surface area contributed by atoms with Crippen molar-refractivity contribution in [3.05, 3.63) is 101 Å². The Bertz CT molecular complexity index is 1450. The lowest BCUT2D eigenvalue weighted by Crippen LogP contribution is -2.38. The van der Waals surface area contributed by atoms with E-state index in [-0.39, 0.29) is 16.4 Å². The number of allylic oxidation sites excluding steroid dienone is 1. The molecule has 7 nitrogen and oxygen atoms in total. The molecule has 0 saturated heterocycles. The largest absolute Gasteiger partial charge is 0.385 e. The van der Waals surface area contributed by atoms with Crippen LogP contribution in [0.2, 0.25) is 10.0 Å². The van der Waals surface area contributed by atoms with Gasteiger partial charge in [0.05, 0.1) is 27.2 Å². The van der Waals surface area contributed by atoms with Crippen molar-refractivity contribution in [1.29, 1.82) is 0 Å². The van der Waals surface area contributed by atoms with Crippen molar-refractivity contribution in [1.82, 2.24) is 9.55 Å². The number of carbonyl (C=O) groups is 1. The van der Waals surface area contributed by atoms with Crippen LogP contribution in [0.4, 0.5) is 5.82 Å². The van der Waals surface area contributed by atoms with Crippen LogP contribution in [0.3, 0.4) is 0 Å². The smallest absolute Gasteiger partial charge is 0.329 e. The highest BCUT2D eigenvalue weighted by atomic mass is 35.5. The molecule has 1 aromatic heterocycles. The molecule has 1 atom stereocenters. The number of nitrogens with zero attached hydrogens (tertiary/aromatic N) is 1. The zero-order chi connectivity index (χ0) is 23.3. The third-order valence-corrected chi connectivity index (χ3v) is 6.87. The predicted octanol–water partition coefficient (Wildman–Crippen LogP) is 4.04. The standard InChI is InChI=1S/C24H19Cl2N3O4/c1-33-11-5-10-29-22-18(23(31)28-24(29)32)16(14-8-4-9-15(25)19(14)26)17-20(27-22)12-6-2-3-7-13(12)21(17)30/h2-4,6-9,16,27H,5,10-11H2,1H3,(H,28,31,32)/t16-/m0/s1. The highest BCUT2D eigenvalue weighted by Gasteiger charge is 2.43. The first-order valence-electron chi connectivity index (χ1n) is 10.4. The number of hydrogen-bond acceptors (Lipinski definition) is 5. The first-order valence-corrected chi connectivity index (χ1v) is 11.1. The molecule has 9 heteroatoms. The average molecular weight is 484 g/mol. The molecule has 0 saturated carbocycles. The van der Waals surface area contributed by atoms with Gasteiger partial charge in [-0.05, 0) is 18.1 Å². The number of aromatic nitrogens is 2. The van der Waals surface area contributed by atoms with E-state index in [1.807, 2.05) is 12.1 Å². The Balaban J connectivity index is 1.82. The number of methoxy groups -OCH3 is 1. The van der Waals surface area contributed by atoms with Gasteiger partial charge in [0.25, 0.3) is 5.56 Å². The molecule has 2 aromatic carbocycles. The number of anilines is 1. The van der Waals surface area contributed by atoms with Crippen molar-refractivity contribution in [3.8, 4) is 0 Å². The molecule has 0 spiro atoms. The van der Waals surface area contributed by atoms with E-state index in [2.05, 4.69) is 10.3 Å². The Morgan fingerprint density at radius 3 is 2.55 bits per heavy atom. The fourth-order valence-corrected chi connectivity index (χ4v) is 5.02. The van der Waals surface area contributed by atoms with E-state index in [0.717, 1.165) is 0 Å². The van der Waals surface area contributed by atoms with E-state index in [4.69, 9.17) is 27.9 Å². The van der Waals surface area contributed by atoms with Crippen LogP contribution >= 0.6 is 23.2 Å². The second kappa shape index (κ2) is 8.33. The maximum absolute atomic E-state index is 13.5. The molecule has 2 N–H and O–H groups in total. The van der Waals surface area contributed by atoms with E-state index in [0.29, 0.717) is 58.4 Å². The lowest BCUT2D eigenvalue weighted by molar-refractivity contribution is 0.103. The van der Waals surface area contributed by atoms with Crippen LogP contribution in [0.1, 0.15) is 39.4 Å². The van der Waals surface area contributed by atoms with Crippen LogP contribution in [-0.4, -0.2) is 29.1 Å². The lowest BCUT2D eigenvalue weighted by atomic mass is 9.81. The summed E-state index contributed by atoms with van der Waals surface area (Å²) in [7, 11) is 1.58. The zero-order valence-electron chi connectivity index (χ0n) is 17.6. The maximum atomic E-state index is 13.5. The minimum atomic E-state index is -0.805. The highest BCUT2D eigenvalue weighted by molar-refractivity contribution is 6.42. The summed E-state index contributed by atoms with van der Waals surface area (Å²) < 4.78 is 6.60. The van der Waals surface area contributed by atoms with Crippen LogP contribution in [-0.2, 0) is 11.3 Å². The average Bonchev–Trinajstić information content (AvgIpc) is 3.09. The Labute approximate surface area is 198 Å². The minimum absolute atomic E-state index is 0.198. The van der Waals surface area contributed by atoms with Crippen molar-refractivity contribution < 1.29 is 9.53 Å². The molecule has 0 radical (unpaired) electrons. The molecule has 0 unspecified atom stereocenters. The number of H-pyrrole nitrogens is 1. The zero-order valence-corrected chi connectivity index (χ0v) is 19.1. The van der Waals surface area contributed by atoms with Crippen molar-refractivity contribution in [2.45, 2.75) is 18.9 Å². The summed E-state index contributed by atoms with van der Waals surface area (Å²) in [5, 5.41) is 3.80. The third kappa shape index (κ3) is 3.35. The number of rotatable bonds is 5. The van der Waals surface area contributed by atoms with Crippen molar-refractivity contribution >= 4 is 40.5 Å². The number of fused-ring (bicyclic) bond motifs is 3. The topological polar surface area (TPSA) is 93.2 Å². The fourth-order valence-electron chi connectivity index (χ4n) is 4.60. The number of Topliss-reactive ketones (excluding diaryl/α,β-unsaturated/α-hetero) is 1. The van der Waals surface area contributed by atoms with Gasteiger partial charge in [-0.15, -0.1) is 0 Å². The number of halogens is 2. The first kappa shape index (κ1) is 21.7. The van der Waals surface area contributed by atoms with Gasteiger partial charge in [0, 0.05) is 37.0 Å². The Kier molecular flexibility index (Phi) is 5.48. The summed E-state index contributed by atoms with van der Waals surface area (Å²) in [6.07, 6.45) is 0.556. The third-order valence-electron chi connectivity index (χ3n) is 6.03. The van der Waals surface area contributed by atoms with Gasteiger partial charge in [0.2, 0.25) is 0 Å². The van der Waals surface area contributed by atoms with E-state index in [9.17, 15) is 14.4 Å². The Morgan fingerprint density at radius 1 is 1.03 bits per heavy atom. The van der Waals surface area contributed by atoms with E-state index < -0.39 is 17.2 Å². The molecular weight excluding hydrogens is 465 g/mol. The second-order valence-corrected chi connectivity index (χ2v) is 8.67. The van der Waals surface area contributed by atoms with Crippen molar-refractivity contribution in [2.75, 3.05) is 19.0 Å². The fraction of sp³-hybridized carbons (Fsp3) is 0.208. The van der Waals surface area contributed by atoms with Gasteiger partial charge in [-0.2, -0.15) is 0 Å². The van der Waals surface area contributed by atoms with E-state index >= 15 is 0 Å². The molecule has 2 aliphatic rings. The minimum Gasteiger partial charge on any atom is -0.385 e. The van der Waals surface area contributed by atoms with Gasteiger partial charge in [0.15, 0.2) is 5.78 Å². The molecule has 33 heavy (non-hydrogen) atoms. The summed E-state index contributed by atoms with van der Waals surface area (Å²) in [6, 6.07) is 12.3. The van der Waals surface area contributed by atoms with Gasteiger partial charge in [-0.25, -0.2) is 4.79 Å². The second-order valence-electron chi connectivity index (χ2n) is 7.88. The summed E-state index contributed by atoms with van der Waals surface area (Å²) in [4.78, 5) is 41.9. The van der Waals surface area contributed by atoms with Crippen molar-refractivity contribution in [2.24, 2.45) is 0 Å². The van der Waals surface area contributed by atoms with Gasteiger partial charge >= 0.3 is 5.69 Å². The number of ketones is 1. The molecule has 0 fully saturated rings. The quantitative estimate of drug-likeness (QED) is 0.534. The van der Waals surface area contributed by atoms with Crippen LogP contribution in [0.25, 0.3) is 5.70 Å². The molecule has 168 valence electrons. The molecule has 0 amide bonds. The number of benzene rings is 2. The van der Waals surface area contributed by atoms with E-state index in [1.165, 1.54) is 4.57 Å². The molecular formula is C24H19Cl2N3O4. The Hall–Kier alpha value is -3.13. The van der Waals surface area contributed by atoms with Crippen LogP contribution in [0.15, 0.2) is 57.6 Å². The van der Waals surface area contributed by atoms with Crippen LogP contribution < -0.4 is 16.6 Å².